The molecule has 2 fully saturated rings. The summed E-state index contributed by atoms with van der Waals surface area (Å²) in [4.78, 5) is 47.7. The minimum atomic E-state index is -0.854. The lowest BCUT2D eigenvalue weighted by atomic mass is 9.74. The maximum Gasteiger partial charge on any atom is 0.247 e. The second-order valence-electron chi connectivity index (χ2n) is 11.0. The molecule has 0 aromatic heterocycles. The summed E-state index contributed by atoms with van der Waals surface area (Å²) >= 11 is 1.60. The van der Waals surface area contributed by atoms with Crippen molar-refractivity contribution in [3.63, 3.8) is 0 Å². The molecule has 1 spiro atoms. The smallest absolute Gasteiger partial charge is 0.247 e. The van der Waals surface area contributed by atoms with Gasteiger partial charge in [0.1, 0.15) is 6.04 Å². The van der Waals surface area contributed by atoms with Gasteiger partial charge in [-0.3, -0.25) is 14.4 Å². The van der Waals surface area contributed by atoms with Crippen molar-refractivity contribution in [3.05, 3.63) is 24.3 Å². The highest BCUT2D eigenvalue weighted by atomic mass is 32.2. The van der Waals surface area contributed by atoms with E-state index in [2.05, 4.69) is 26.0 Å². The Kier molecular flexibility index (Phi) is 7.19. The molecule has 3 amide bonds. The molecule has 35 heavy (non-hydrogen) atoms. The van der Waals surface area contributed by atoms with Gasteiger partial charge in [0, 0.05) is 30.9 Å². The molecule has 8 atom stereocenters. The number of hydrogen-bond acceptors (Lipinski definition) is 5. The van der Waals surface area contributed by atoms with Crippen LogP contribution in [0.25, 0.3) is 0 Å². The number of nitrogens with zero attached hydrogens (tertiary/aromatic N) is 3. The second kappa shape index (κ2) is 9.58. The molecule has 4 aliphatic rings. The minimum Gasteiger partial charge on any atom is -0.394 e. The highest BCUT2D eigenvalue weighted by Crippen LogP contribution is 2.66. The van der Waals surface area contributed by atoms with E-state index in [1.807, 2.05) is 37.8 Å². The fraction of sp³-hybridized carbons (Fsp3) is 0.741. The van der Waals surface area contributed by atoms with Crippen molar-refractivity contribution < 1.29 is 19.5 Å². The zero-order valence-corrected chi connectivity index (χ0v) is 22.8. The van der Waals surface area contributed by atoms with Crippen molar-refractivity contribution in [1.29, 1.82) is 0 Å². The van der Waals surface area contributed by atoms with Crippen LogP contribution in [0.5, 0.6) is 0 Å². The Balaban J connectivity index is 1.90. The van der Waals surface area contributed by atoms with Crippen LogP contribution >= 0.6 is 11.8 Å². The van der Waals surface area contributed by atoms with Crippen LogP contribution in [0.3, 0.4) is 0 Å². The van der Waals surface area contributed by atoms with Crippen molar-refractivity contribution >= 4 is 29.5 Å². The average Bonchev–Trinajstić information content (AvgIpc) is 3.09. The van der Waals surface area contributed by atoms with E-state index in [9.17, 15) is 19.5 Å². The van der Waals surface area contributed by atoms with E-state index in [1.54, 1.807) is 28.6 Å². The molecule has 8 heteroatoms. The van der Waals surface area contributed by atoms with Gasteiger partial charge in [0.15, 0.2) is 0 Å². The van der Waals surface area contributed by atoms with Crippen LogP contribution in [0.2, 0.25) is 0 Å². The molecule has 0 radical (unpaired) electrons. The number of rotatable bonds is 7. The van der Waals surface area contributed by atoms with E-state index < -0.39 is 33.4 Å². The van der Waals surface area contributed by atoms with Gasteiger partial charge in [0.05, 0.1) is 29.2 Å². The first kappa shape index (κ1) is 26.3. The van der Waals surface area contributed by atoms with Crippen molar-refractivity contribution in [1.82, 2.24) is 14.7 Å². The molecule has 0 aromatic carbocycles. The summed E-state index contributed by atoms with van der Waals surface area (Å²) in [6.45, 7) is 11.1. The van der Waals surface area contributed by atoms with Gasteiger partial charge in [0.2, 0.25) is 17.7 Å². The monoisotopic (exact) mass is 503 g/mol. The van der Waals surface area contributed by atoms with Crippen molar-refractivity contribution in [2.45, 2.75) is 81.5 Å². The standard InChI is InChI=1S/C27H41N3O4S/c1-7-11-18(4)29-15-10-13-27-21(20-23(32)28(6)14-9-12-26(20,5)35-27)24(33)30(22(27)25(29)34)19(16-31)17(3)8-2/h9-10,12-13,17-22,31H,7-8,11,14-16H2,1-6H3/t17-,18?,19-,20+,21-,22?,26-,27-/m0/s1. The van der Waals surface area contributed by atoms with Crippen LogP contribution in [-0.4, -0.2) is 91.9 Å². The number of thioether (sulfide) groups is 1. The van der Waals surface area contributed by atoms with Crippen LogP contribution in [0, 0.1) is 17.8 Å². The van der Waals surface area contributed by atoms with Gasteiger partial charge in [-0.05, 0) is 26.2 Å². The lowest BCUT2D eigenvalue weighted by Crippen LogP contribution is -2.59. The van der Waals surface area contributed by atoms with E-state index in [1.165, 1.54) is 0 Å². The molecule has 4 rings (SSSR count). The summed E-state index contributed by atoms with van der Waals surface area (Å²) in [6.07, 6.45) is 10.8. The van der Waals surface area contributed by atoms with E-state index in [-0.39, 0.29) is 36.3 Å². The molecule has 2 saturated heterocycles. The van der Waals surface area contributed by atoms with Gasteiger partial charge in [-0.2, -0.15) is 0 Å². The third-order valence-corrected chi connectivity index (χ3v) is 10.6. The van der Waals surface area contributed by atoms with E-state index in [0.29, 0.717) is 13.1 Å². The van der Waals surface area contributed by atoms with Crippen molar-refractivity contribution in [2.24, 2.45) is 17.8 Å². The first-order chi connectivity index (χ1) is 16.6. The Hall–Kier alpha value is -1.80. The van der Waals surface area contributed by atoms with Gasteiger partial charge >= 0.3 is 0 Å². The predicted octanol–water partition coefficient (Wildman–Crippen LogP) is 2.70. The Labute approximate surface area is 214 Å². The number of amides is 3. The van der Waals surface area contributed by atoms with Crippen molar-refractivity contribution in [2.75, 3.05) is 26.7 Å². The highest BCUT2D eigenvalue weighted by molar-refractivity contribution is 8.02. The largest absolute Gasteiger partial charge is 0.394 e. The third kappa shape index (κ3) is 3.86. The lowest BCUT2D eigenvalue weighted by Gasteiger charge is -2.42. The fourth-order valence-corrected chi connectivity index (χ4v) is 8.89. The van der Waals surface area contributed by atoms with Crippen LogP contribution in [0.1, 0.15) is 53.9 Å². The topological polar surface area (TPSA) is 81.2 Å². The SMILES string of the molecule is CCCC(C)N1CC=C[C@]23S[C@@]4(C)C=CCN(C)C(=O)[C@H]4[C@H]2C(=O)N([C@@H](CO)[C@@H](C)CC)C3C1=O. The van der Waals surface area contributed by atoms with Crippen LogP contribution in [-0.2, 0) is 14.4 Å². The zero-order chi connectivity index (χ0) is 25.7. The lowest BCUT2D eigenvalue weighted by molar-refractivity contribution is -0.148. The molecule has 0 saturated carbocycles. The molecule has 7 nitrogen and oxygen atoms in total. The van der Waals surface area contributed by atoms with Gasteiger partial charge in [-0.15, -0.1) is 11.8 Å². The number of carbonyl (C=O) groups excluding carboxylic acids is 3. The average molecular weight is 504 g/mol. The number of carbonyl (C=O) groups is 3. The van der Waals surface area contributed by atoms with E-state index in [4.69, 9.17) is 0 Å². The number of aliphatic hydroxyl groups is 1. The van der Waals surface area contributed by atoms with Crippen molar-refractivity contribution in [3.8, 4) is 0 Å². The highest BCUT2D eigenvalue weighted by Gasteiger charge is 2.74. The Bertz CT molecular complexity index is 937. The van der Waals surface area contributed by atoms with Crippen LogP contribution in [0.4, 0.5) is 0 Å². The minimum absolute atomic E-state index is 0.0187. The van der Waals surface area contributed by atoms with E-state index >= 15 is 0 Å². The van der Waals surface area contributed by atoms with Crippen LogP contribution in [0.15, 0.2) is 24.3 Å². The zero-order valence-electron chi connectivity index (χ0n) is 21.9. The molecule has 1 N–H and O–H groups in total. The summed E-state index contributed by atoms with van der Waals surface area (Å²) < 4.78 is -1.44. The number of likely N-dealkylation sites (N-methyl/N-ethyl adjacent to an activating group) is 1. The maximum absolute atomic E-state index is 14.4. The van der Waals surface area contributed by atoms with E-state index in [0.717, 1.165) is 19.3 Å². The Morgan fingerprint density at radius 2 is 1.74 bits per heavy atom. The molecule has 4 heterocycles. The Morgan fingerprint density at radius 1 is 1.06 bits per heavy atom. The summed E-state index contributed by atoms with van der Waals surface area (Å²) in [5.74, 6) is -1.48. The van der Waals surface area contributed by atoms with Gasteiger partial charge in [0.25, 0.3) is 0 Å². The van der Waals surface area contributed by atoms with Gasteiger partial charge in [-0.1, -0.05) is 57.9 Å². The quantitative estimate of drug-likeness (QED) is 0.541. The summed E-state index contributed by atoms with van der Waals surface area (Å²) in [6, 6.07) is -1.18. The summed E-state index contributed by atoms with van der Waals surface area (Å²) in [5, 5.41) is 10.5. The molecule has 0 bridgehead atoms. The first-order valence-corrected chi connectivity index (χ1v) is 13.9. The molecular weight excluding hydrogens is 462 g/mol. The van der Waals surface area contributed by atoms with Gasteiger partial charge < -0.3 is 19.8 Å². The first-order valence-electron chi connectivity index (χ1n) is 13.1. The maximum atomic E-state index is 14.4. The molecular formula is C27H41N3O4S. The fourth-order valence-electron chi connectivity index (χ4n) is 6.74. The number of hydrogen-bond donors (Lipinski definition) is 1. The van der Waals surface area contributed by atoms with Crippen LogP contribution < -0.4 is 0 Å². The molecule has 2 unspecified atom stereocenters. The summed E-state index contributed by atoms with van der Waals surface area (Å²) in [7, 11) is 1.78. The Morgan fingerprint density at radius 3 is 2.37 bits per heavy atom. The second-order valence-corrected chi connectivity index (χ2v) is 12.8. The van der Waals surface area contributed by atoms with Gasteiger partial charge in [-0.25, -0.2) is 0 Å². The number of likely N-dealkylation sites (tertiary alicyclic amines) is 1. The normalized spacial score (nSPS) is 37.1. The molecule has 0 aromatic rings. The molecule has 0 aliphatic carbocycles. The number of aliphatic hydroxyl groups excluding tert-OH is 1. The molecule has 194 valence electrons. The molecule has 4 aliphatic heterocycles. The third-order valence-electron chi connectivity index (χ3n) is 8.81. The predicted molar refractivity (Wildman–Crippen MR) is 139 cm³/mol. The number of fused-ring (bicyclic) bond motifs is 2. The summed E-state index contributed by atoms with van der Waals surface area (Å²) in [5.41, 5.74) is 0.